The van der Waals surface area contributed by atoms with Gasteiger partial charge in [-0.2, -0.15) is 5.26 Å². The zero-order valence-electron chi connectivity index (χ0n) is 16.9. The highest BCUT2D eigenvalue weighted by atomic mass is 16.5. The van der Waals surface area contributed by atoms with Gasteiger partial charge in [0.05, 0.1) is 18.1 Å². The molecule has 1 N–H and O–H groups in total. The molecule has 0 aliphatic heterocycles. The average molecular weight is 404 g/mol. The van der Waals surface area contributed by atoms with E-state index in [1.54, 1.807) is 24.3 Å². The van der Waals surface area contributed by atoms with E-state index in [9.17, 15) is 14.4 Å². The maximum absolute atomic E-state index is 12.4. The van der Waals surface area contributed by atoms with E-state index in [4.69, 9.17) is 10.00 Å². The zero-order valence-corrected chi connectivity index (χ0v) is 16.9. The van der Waals surface area contributed by atoms with Crippen molar-refractivity contribution in [2.75, 3.05) is 5.32 Å². The molecule has 0 spiro atoms. The standard InChI is InChI=1S/C24H24N2O4/c1-16(24(29)26-21-10-6-17(15-25)7-11-21)30-23(28)13-12-22(27)20-9-8-18-4-2-3-5-19(18)14-20/h6-11,14,16H,2-5,12-13H2,1H3,(H,26,29)/t16-/m1/s1. The number of esters is 1. The summed E-state index contributed by atoms with van der Waals surface area (Å²) in [6.07, 6.45) is 3.34. The van der Waals surface area contributed by atoms with E-state index < -0.39 is 18.0 Å². The molecule has 1 aliphatic rings. The molecule has 6 nitrogen and oxygen atoms in total. The van der Waals surface area contributed by atoms with Crippen LogP contribution < -0.4 is 5.32 Å². The van der Waals surface area contributed by atoms with Gasteiger partial charge >= 0.3 is 5.97 Å². The fourth-order valence-corrected chi connectivity index (χ4v) is 3.45. The third kappa shape index (κ3) is 5.54. The number of anilines is 1. The van der Waals surface area contributed by atoms with Gasteiger partial charge in [-0.15, -0.1) is 0 Å². The second-order valence-electron chi connectivity index (χ2n) is 7.42. The molecule has 1 amide bonds. The van der Waals surface area contributed by atoms with Crippen molar-refractivity contribution in [3.63, 3.8) is 0 Å². The molecule has 0 aromatic heterocycles. The number of carbonyl (C=O) groups excluding carboxylic acids is 3. The molecule has 2 aromatic carbocycles. The Balaban J connectivity index is 1.46. The van der Waals surface area contributed by atoms with Gasteiger partial charge in [0.1, 0.15) is 0 Å². The Morgan fingerprint density at radius 1 is 1.03 bits per heavy atom. The normalized spacial score (nSPS) is 13.5. The first kappa shape index (κ1) is 21.3. The first-order chi connectivity index (χ1) is 14.5. The Bertz CT molecular complexity index is 989. The molecule has 0 heterocycles. The lowest BCUT2D eigenvalue weighted by Crippen LogP contribution is -2.30. The van der Waals surface area contributed by atoms with Crippen molar-refractivity contribution >= 4 is 23.3 Å². The number of hydrogen-bond acceptors (Lipinski definition) is 5. The van der Waals surface area contributed by atoms with E-state index in [1.165, 1.54) is 24.5 Å². The maximum Gasteiger partial charge on any atom is 0.307 e. The van der Waals surface area contributed by atoms with Crippen molar-refractivity contribution < 1.29 is 19.1 Å². The van der Waals surface area contributed by atoms with E-state index in [0.29, 0.717) is 16.8 Å². The van der Waals surface area contributed by atoms with Crippen LogP contribution in [0.3, 0.4) is 0 Å². The van der Waals surface area contributed by atoms with Crippen LogP contribution in [-0.4, -0.2) is 23.8 Å². The minimum Gasteiger partial charge on any atom is -0.453 e. The number of nitrogens with one attached hydrogen (secondary N) is 1. The van der Waals surface area contributed by atoms with Gasteiger partial charge in [0.2, 0.25) is 0 Å². The second kappa shape index (κ2) is 9.84. The van der Waals surface area contributed by atoms with Gasteiger partial charge in [-0.05, 0) is 74.1 Å². The number of ether oxygens (including phenoxy) is 1. The Morgan fingerprint density at radius 3 is 2.43 bits per heavy atom. The third-order valence-corrected chi connectivity index (χ3v) is 5.19. The number of nitrogens with zero attached hydrogens (tertiary/aromatic N) is 1. The summed E-state index contributed by atoms with van der Waals surface area (Å²) in [5.74, 6) is -1.17. The summed E-state index contributed by atoms with van der Waals surface area (Å²) in [7, 11) is 0. The third-order valence-electron chi connectivity index (χ3n) is 5.19. The monoisotopic (exact) mass is 404 g/mol. The van der Waals surface area contributed by atoms with Crippen LogP contribution in [-0.2, 0) is 27.2 Å². The molecule has 2 aromatic rings. The lowest BCUT2D eigenvalue weighted by Gasteiger charge is -2.16. The molecule has 30 heavy (non-hydrogen) atoms. The molecule has 0 unspecified atom stereocenters. The average Bonchev–Trinajstić information content (AvgIpc) is 2.77. The molecule has 1 aliphatic carbocycles. The summed E-state index contributed by atoms with van der Waals surface area (Å²) in [4.78, 5) is 36.7. The van der Waals surface area contributed by atoms with E-state index in [1.807, 2.05) is 24.3 Å². The maximum atomic E-state index is 12.4. The predicted molar refractivity (Wildman–Crippen MR) is 112 cm³/mol. The largest absolute Gasteiger partial charge is 0.453 e. The van der Waals surface area contributed by atoms with Crippen molar-refractivity contribution in [2.24, 2.45) is 0 Å². The van der Waals surface area contributed by atoms with Crippen LogP contribution in [0.25, 0.3) is 0 Å². The lowest BCUT2D eigenvalue weighted by atomic mass is 9.89. The zero-order chi connectivity index (χ0) is 21.5. The highest BCUT2D eigenvalue weighted by molar-refractivity contribution is 5.98. The van der Waals surface area contributed by atoms with Gasteiger partial charge < -0.3 is 10.1 Å². The van der Waals surface area contributed by atoms with Gasteiger partial charge in [-0.3, -0.25) is 14.4 Å². The van der Waals surface area contributed by atoms with Crippen molar-refractivity contribution in [1.82, 2.24) is 0 Å². The number of benzene rings is 2. The second-order valence-corrected chi connectivity index (χ2v) is 7.42. The van der Waals surface area contributed by atoms with Crippen LogP contribution in [0.2, 0.25) is 0 Å². The number of amides is 1. The SMILES string of the molecule is C[C@@H](OC(=O)CCC(=O)c1ccc2c(c1)CCCC2)C(=O)Nc1ccc(C#N)cc1. The van der Waals surface area contributed by atoms with Gasteiger partial charge in [-0.1, -0.05) is 12.1 Å². The summed E-state index contributed by atoms with van der Waals surface area (Å²) in [6.45, 7) is 1.47. The first-order valence-electron chi connectivity index (χ1n) is 10.1. The number of fused-ring (bicyclic) bond motifs is 1. The highest BCUT2D eigenvalue weighted by Crippen LogP contribution is 2.23. The molecule has 0 saturated heterocycles. The van der Waals surface area contributed by atoms with E-state index in [-0.39, 0.29) is 18.6 Å². The van der Waals surface area contributed by atoms with Gasteiger partial charge in [0.25, 0.3) is 5.91 Å². The highest BCUT2D eigenvalue weighted by Gasteiger charge is 2.19. The minimum atomic E-state index is -0.994. The first-order valence-corrected chi connectivity index (χ1v) is 10.1. The Morgan fingerprint density at radius 2 is 1.73 bits per heavy atom. The molecular weight excluding hydrogens is 380 g/mol. The minimum absolute atomic E-state index is 0.0432. The van der Waals surface area contributed by atoms with E-state index in [2.05, 4.69) is 5.32 Å². The number of Topliss-reactive ketones (excluding diaryl/α,β-unsaturated/α-hetero) is 1. The predicted octanol–water partition coefficient (Wildman–Crippen LogP) is 3.97. The van der Waals surface area contributed by atoms with Gasteiger partial charge in [0.15, 0.2) is 11.9 Å². The fourth-order valence-electron chi connectivity index (χ4n) is 3.45. The number of ketones is 1. The Labute approximate surface area is 175 Å². The van der Waals surface area contributed by atoms with E-state index >= 15 is 0 Å². The smallest absolute Gasteiger partial charge is 0.307 e. The van der Waals surface area contributed by atoms with Crippen molar-refractivity contribution in [2.45, 2.75) is 51.6 Å². The molecule has 154 valence electrons. The van der Waals surface area contributed by atoms with E-state index in [0.717, 1.165) is 19.3 Å². The quantitative estimate of drug-likeness (QED) is 0.556. The molecule has 3 rings (SSSR count). The summed E-state index contributed by atoms with van der Waals surface area (Å²) in [5, 5.41) is 11.4. The van der Waals surface area contributed by atoms with Crippen LogP contribution in [0.5, 0.6) is 0 Å². The summed E-state index contributed by atoms with van der Waals surface area (Å²) < 4.78 is 5.15. The van der Waals surface area contributed by atoms with Crippen LogP contribution in [0.1, 0.15) is 59.7 Å². The Hall–Kier alpha value is -3.46. The summed E-state index contributed by atoms with van der Waals surface area (Å²) in [5.41, 5.74) is 4.14. The number of nitriles is 1. The van der Waals surface area contributed by atoms with Crippen LogP contribution >= 0.6 is 0 Å². The van der Waals surface area contributed by atoms with Crippen LogP contribution in [0.4, 0.5) is 5.69 Å². The number of rotatable bonds is 7. The van der Waals surface area contributed by atoms with Crippen LogP contribution in [0, 0.1) is 11.3 Å². The van der Waals surface area contributed by atoms with Crippen molar-refractivity contribution in [1.29, 1.82) is 5.26 Å². The number of hydrogen-bond donors (Lipinski definition) is 1. The van der Waals surface area contributed by atoms with Crippen molar-refractivity contribution in [3.8, 4) is 6.07 Å². The number of carbonyl (C=O) groups is 3. The molecule has 6 heteroatoms. The molecule has 1 atom stereocenters. The summed E-state index contributed by atoms with van der Waals surface area (Å²) in [6, 6.07) is 14.1. The van der Waals surface area contributed by atoms with Gasteiger partial charge in [0, 0.05) is 17.7 Å². The lowest BCUT2D eigenvalue weighted by molar-refractivity contribution is -0.153. The molecule has 0 bridgehead atoms. The van der Waals surface area contributed by atoms with Crippen molar-refractivity contribution in [3.05, 3.63) is 64.7 Å². The molecule has 0 saturated carbocycles. The Kier molecular flexibility index (Phi) is 6.97. The molecule has 0 radical (unpaired) electrons. The fraction of sp³-hybridized carbons (Fsp3) is 0.333. The van der Waals surface area contributed by atoms with Gasteiger partial charge in [-0.25, -0.2) is 0 Å². The topological polar surface area (TPSA) is 96.3 Å². The number of aryl methyl sites for hydroxylation is 2. The van der Waals surface area contributed by atoms with Crippen LogP contribution in [0.15, 0.2) is 42.5 Å². The summed E-state index contributed by atoms with van der Waals surface area (Å²) >= 11 is 0. The molecule has 0 fully saturated rings. The molecular formula is C24H24N2O4.